The predicted octanol–water partition coefficient (Wildman–Crippen LogP) is 2.37. The Kier molecular flexibility index (Phi) is 6.51. The van der Waals surface area contributed by atoms with E-state index in [-0.39, 0.29) is 29.4 Å². The number of carboxylic acids is 1. The highest BCUT2D eigenvalue weighted by Crippen LogP contribution is 2.17. The summed E-state index contributed by atoms with van der Waals surface area (Å²) in [6, 6.07) is 6.19. The Hall–Kier alpha value is -1.56. The van der Waals surface area contributed by atoms with Crippen molar-refractivity contribution in [2.45, 2.75) is 26.2 Å². The lowest BCUT2D eigenvalue weighted by Crippen LogP contribution is -2.17. The van der Waals surface area contributed by atoms with Crippen LogP contribution in [0.1, 0.15) is 36.5 Å². The van der Waals surface area contributed by atoms with Gasteiger partial charge in [-0.15, -0.1) is 0 Å². The van der Waals surface area contributed by atoms with E-state index in [2.05, 4.69) is 0 Å². The monoisotopic (exact) mass is 300 g/mol. The molecule has 0 aliphatic carbocycles. The quantitative estimate of drug-likeness (QED) is 0.708. The maximum Gasteiger partial charge on any atom is 0.339 e. The highest BCUT2D eigenvalue weighted by atomic mass is 32.2. The molecule has 0 saturated carbocycles. The third kappa shape index (κ3) is 5.61. The van der Waals surface area contributed by atoms with Gasteiger partial charge in [0.2, 0.25) is 0 Å². The van der Waals surface area contributed by atoms with Gasteiger partial charge >= 0.3 is 5.97 Å². The van der Waals surface area contributed by atoms with Crippen LogP contribution in [0.4, 0.5) is 0 Å². The number of carbonyl (C=O) groups is 1. The predicted molar refractivity (Wildman–Crippen MR) is 77.1 cm³/mol. The van der Waals surface area contributed by atoms with Crippen LogP contribution in [0.3, 0.4) is 0 Å². The minimum absolute atomic E-state index is 0.0290. The molecule has 0 bridgehead atoms. The van der Waals surface area contributed by atoms with Gasteiger partial charge in [-0.1, -0.05) is 31.9 Å². The number of hydrogen-bond acceptors (Lipinski definition) is 4. The molecule has 1 rings (SSSR count). The van der Waals surface area contributed by atoms with Crippen LogP contribution in [0.2, 0.25) is 0 Å². The number of carboxylic acid groups (broad SMARTS) is 1. The number of sulfone groups is 1. The molecule has 0 heterocycles. The average Bonchev–Trinajstić information content (AvgIpc) is 2.39. The zero-order valence-corrected chi connectivity index (χ0v) is 12.4. The van der Waals surface area contributed by atoms with Crippen molar-refractivity contribution < 1.29 is 23.1 Å². The summed E-state index contributed by atoms with van der Waals surface area (Å²) < 4.78 is 28.7. The van der Waals surface area contributed by atoms with Crippen molar-refractivity contribution in [1.82, 2.24) is 0 Å². The van der Waals surface area contributed by atoms with Gasteiger partial charge in [0.25, 0.3) is 0 Å². The number of benzene rings is 1. The molecule has 1 aromatic rings. The second-order valence-corrected chi connectivity index (χ2v) is 6.81. The molecule has 1 aromatic carbocycles. The fraction of sp³-hybridized carbons (Fsp3) is 0.500. The molecule has 5 nitrogen and oxygen atoms in total. The lowest BCUT2D eigenvalue weighted by molar-refractivity contribution is 0.0692. The largest absolute Gasteiger partial charge is 0.492 e. The Morgan fingerprint density at radius 2 is 1.90 bits per heavy atom. The SMILES string of the molecule is CCCCCS(=O)(=O)CCOc1ccccc1C(=O)O. The van der Waals surface area contributed by atoms with E-state index in [9.17, 15) is 13.2 Å². The van der Waals surface area contributed by atoms with Crippen LogP contribution in [0.15, 0.2) is 24.3 Å². The van der Waals surface area contributed by atoms with E-state index < -0.39 is 15.8 Å². The number of ether oxygens (including phenoxy) is 1. The van der Waals surface area contributed by atoms with Gasteiger partial charge in [0.05, 0.1) is 11.5 Å². The Labute approximate surface area is 119 Å². The highest BCUT2D eigenvalue weighted by molar-refractivity contribution is 7.91. The summed E-state index contributed by atoms with van der Waals surface area (Å²) in [5, 5.41) is 8.97. The van der Waals surface area contributed by atoms with Gasteiger partial charge in [0, 0.05) is 0 Å². The van der Waals surface area contributed by atoms with Gasteiger partial charge in [0.15, 0.2) is 9.84 Å². The molecular formula is C14H20O5S. The Bertz CT molecular complexity index is 536. The molecular weight excluding hydrogens is 280 g/mol. The Balaban J connectivity index is 2.50. The number of para-hydroxylation sites is 1. The van der Waals surface area contributed by atoms with Crippen molar-refractivity contribution in [3.05, 3.63) is 29.8 Å². The van der Waals surface area contributed by atoms with Crippen LogP contribution in [-0.2, 0) is 9.84 Å². The van der Waals surface area contributed by atoms with Crippen LogP contribution in [0.5, 0.6) is 5.75 Å². The van der Waals surface area contributed by atoms with Crippen molar-refractivity contribution in [1.29, 1.82) is 0 Å². The van der Waals surface area contributed by atoms with Crippen molar-refractivity contribution in [2.24, 2.45) is 0 Å². The molecule has 0 aliphatic heterocycles. The molecule has 6 heteroatoms. The van der Waals surface area contributed by atoms with Gasteiger partial charge in [-0.3, -0.25) is 0 Å². The normalized spacial score (nSPS) is 11.2. The van der Waals surface area contributed by atoms with Crippen molar-refractivity contribution in [2.75, 3.05) is 18.1 Å². The fourth-order valence-electron chi connectivity index (χ4n) is 1.72. The lowest BCUT2D eigenvalue weighted by Gasteiger charge is -2.09. The van der Waals surface area contributed by atoms with Crippen LogP contribution < -0.4 is 4.74 Å². The topological polar surface area (TPSA) is 80.7 Å². The summed E-state index contributed by atoms with van der Waals surface area (Å²) in [5.74, 6) is -0.828. The zero-order chi connectivity index (χ0) is 15.0. The van der Waals surface area contributed by atoms with Gasteiger partial charge in [0.1, 0.15) is 17.9 Å². The molecule has 0 fully saturated rings. The van der Waals surface area contributed by atoms with Gasteiger partial charge < -0.3 is 9.84 Å². The Morgan fingerprint density at radius 3 is 2.55 bits per heavy atom. The van der Waals surface area contributed by atoms with E-state index in [1.807, 2.05) is 6.92 Å². The van der Waals surface area contributed by atoms with Crippen LogP contribution in [0.25, 0.3) is 0 Å². The van der Waals surface area contributed by atoms with Gasteiger partial charge in [-0.25, -0.2) is 13.2 Å². The van der Waals surface area contributed by atoms with Gasteiger partial charge in [-0.05, 0) is 18.6 Å². The van der Waals surface area contributed by atoms with E-state index in [4.69, 9.17) is 9.84 Å². The minimum Gasteiger partial charge on any atom is -0.492 e. The molecule has 0 aliphatic rings. The van der Waals surface area contributed by atoms with Crippen LogP contribution in [-0.4, -0.2) is 37.6 Å². The second kappa shape index (κ2) is 7.89. The number of aromatic carboxylic acids is 1. The molecule has 0 saturated heterocycles. The second-order valence-electron chi connectivity index (χ2n) is 4.51. The zero-order valence-electron chi connectivity index (χ0n) is 11.5. The third-order valence-corrected chi connectivity index (χ3v) is 4.53. The fourth-order valence-corrected chi connectivity index (χ4v) is 2.91. The molecule has 0 aromatic heterocycles. The van der Waals surface area contributed by atoms with Crippen molar-refractivity contribution >= 4 is 15.8 Å². The summed E-state index contributed by atoms with van der Waals surface area (Å²) in [7, 11) is -3.13. The average molecular weight is 300 g/mol. The van der Waals surface area contributed by atoms with Crippen LogP contribution >= 0.6 is 0 Å². The lowest BCUT2D eigenvalue weighted by atomic mass is 10.2. The van der Waals surface area contributed by atoms with E-state index in [1.165, 1.54) is 12.1 Å². The van der Waals surface area contributed by atoms with Crippen LogP contribution in [0, 0.1) is 0 Å². The standard InChI is InChI=1S/C14H20O5S/c1-2-3-6-10-20(17,18)11-9-19-13-8-5-4-7-12(13)14(15)16/h4-5,7-8H,2-3,6,9-11H2,1H3,(H,15,16). The van der Waals surface area contributed by atoms with Crippen molar-refractivity contribution in [3.8, 4) is 5.75 Å². The first-order chi connectivity index (χ1) is 9.46. The van der Waals surface area contributed by atoms with Crippen molar-refractivity contribution in [3.63, 3.8) is 0 Å². The first kappa shape index (κ1) is 16.5. The highest BCUT2D eigenvalue weighted by Gasteiger charge is 2.13. The summed E-state index contributed by atoms with van der Waals surface area (Å²) in [5.41, 5.74) is 0.0379. The number of rotatable bonds is 9. The summed E-state index contributed by atoms with van der Waals surface area (Å²) in [4.78, 5) is 11.0. The van der Waals surface area contributed by atoms with E-state index >= 15 is 0 Å². The number of hydrogen-bond donors (Lipinski definition) is 1. The molecule has 20 heavy (non-hydrogen) atoms. The minimum atomic E-state index is -3.13. The molecule has 0 amide bonds. The van der Waals surface area contributed by atoms with E-state index in [0.717, 1.165) is 12.8 Å². The van der Waals surface area contributed by atoms with Gasteiger partial charge in [-0.2, -0.15) is 0 Å². The maximum atomic E-state index is 11.7. The maximum absolute atomic E-state index is 11.7. The smallest absolute Gasteiger partial charge is 0.339 e. The Morgan fingerprint density at radius 1 is 1.20 bits per heavy atom. The molecule has 0 atom stereocenters. The molecule has 1 N–H and O–H groups in total. The summed E-state index contributed by atoms with van der Waals surface area (Å²) >= 11 is 0. The summed E-state index contributed by atoms with van der Waals surface area (Å²) in [6.45, 7) is 1.98. The first-order valence-electron chi connectivity index (χ1n) is 6.62. The van der Waals surface area contributed by atoms with E-state index in [1.54, 1.807) is 12.1 Å². The van der Waals surface area contributed by atoms with E-state index in [0.29, 0.717) is 6.42 Å². The third-order valence-electron chi connectivity index (χ3n) is 2.83. The summed E-state index contributed by atoms with van der Waals surface area (Å²) in [6.07, 6.45) is 2.52. The molecule has 0 spiro atoms. The molecule has 0 unspecified atom stereocenters. The molecule has 0 radical (unpaired) electrons. The number of unbranched alkanes of at least 4 members (excludes halogenated alkanes) is 2. The molecule has 112 valence electrons. The first-order valence-corrected chi connectivity index (χ1v) is 8.44.